The number of H-pyrrole nitrogens is 1. The van der Waals surface area contributed by atoms with Gasteiger partial charge in [-0.1, -0.05) is 17.7 Å². The topological polar surface area (TPSA) is 72.0 Å². The van der Waals surface area contributed by atoms with E-state index in [0.717, 1.165) is 19.1 Å². The molecule has 3 rings (SSSR count). The number of rotatable bonds is 6. The third-order valence-electron chi connectivity index (χ3n) is 4.98. The fourth-order valence-corrected chi connectivity index (χ4v) is 4.54. The SMILES string of the molecule is Cc1[nH]c(C(OCC2CCC(F)CC2)c2ccc(F)c(Cl)c2)nc1S(C)(=O)=O. The second kappa shape index (κ2) is 8.47. The molecule has 1 aliphatic carbocycles. The van der Waals surface area contributed by atoms with Gasteiger partial charge in [0.25, 0.3) is 0 Å². The predicted octanol–water partition coefficient (Wildman–Crippen LogP) is 4.55. The molecule has 1 N–H and O–H groups in total. The van der Waals surface area contributed by atoms with Crippen LogP contribution in [0.5, 0.6) is 0 Å². The van der Waals surface area contributed by atoms with E-state index in [1.807, 2.05) is 0 Å². The average Bonchev–Trinajstić information content (AvgIpc) is 3.01. The van der Waals surface area contributed by atoms with Gasteiger partial charge in [-0.2, -0.15) is 0 Å². The number of alkyl halides is 1. The molecule has 154 valence electrons. The van der Waals surface area contributed by atoms with Crippen LogP contribution in [0.4, 0.5) is 8.78 Å². The predicted molar refractivity (Wildman–Crippen MR) is 102 cm³/mol. The van der Waals surface area contributed by atoms with Gasteiger partial charge in [-0.25, -0.2) is 22.2 Å². The molecule has 1 aromatic heterocycles. The van der Waals surface area contributed by atoms with E-state index >= 15 is 0 Å². The highest BCUT2D eigenvalue weighted by molar-refractivity contribution is 7.90. The summed E-state index contributed by atoms with van der Waals surface area (Å²) in [5.74, 6) is -0.0477. The maximum Gasteiger partial charge on any atom is 0.194 e. The molecule has 0 radical (unpaired) electrons. The minimum absolute atomic E-state index is 0.0535. The smallest absolute Gasteiger partial charge is 0.194 e. The van der Waals surface area contributed by atoms with Crippen molar-refractivity contribution in [2.75, 3.05) is 12.9 Å². The number of nitrogens with one attached hydrogen (secondary N) is 1. The van der Waals surface area contributed by atoms with Gasteiger partial charge in [-0.15, -0.1) is 0 Å². The zero-order valence-electron chi connectivity index (χ0n) is 15.7. The van der Waals surface area contributed by atoms with Crippen molar-refractivity contribution in [3.8, 4) is 0 Å². The normalized spacial score (nSPS) is 21.6. The van der Waals surface area contributed by atoms with E-state index in [-0.39, 0.29) is 16.0 Å². The lowest BCUT2D eigenvalue weighted by atomic mass is 9.89. The van der Waals surface area contributed by atoms with Gasteiger partial charge in [0, 0.05) is 6.26 Å². The molecule has 9 heteroatoms. The number of aromatic nitrogens is 2. The summed E-state index contributed by atoms with van der Waals surface area (Å²) in [7, 11) is -3.51. The summed E-state index contributed by atoms with van der Waals surface area (Å²) < 4.78 is 56.9. The Kier molecular flexibility index (Phi) is 6.41. The molecule has 1 heterocycles. The van der Waals surface area contributed by atoms with E-state index < -0.39 is 27.9 Å². The van der Waals surface area contributed by atoms with Crippen molar-refractivity contribution in [3.05, 3.63) is 46.1 Å². The lowest BCUT2D eigenvalue weighted by Gasteiger charge is -2.26. The molecule has 1 saturated carbocycles. The highest BCUT2D eigenvalue weighted by atomic mass is 35.5. The minimum atomic E-state index is -3.51. The fourth-order valence-electron chi connectivity index (χ4n) is 3.48. The lowest BCUT2D eigenvalue weighted by molar-refractivity contribution is 0.0304. The molecular weight excluding hydrogens is 410 g/mol. The van der Waals surface area contributed by atoms with Gasteiger partial charge in [-0.05, 0) is 56.2 Å². The average molecular weight is 433 g/mol. The largest absolute Gasteiger partial charge is 0.365 e. The zero-order valence-corrected chi connectivity index (χ0v) is 17.3. The number of nitrogens with zero attached hydrogens (tertiary/aromatic N) is 1. The molecular formula is C19H23ClF2N2O3S. The number of halogens is 3. The Balaban J connectivity index is 1.89. The molecule has 0 spiro atoms. The Bertz CT molecular complexity index is 941. The standard InChI is InChI=1S/C19H23ClF2N2O3S/c1-11-19(28(2,25)26)24-18(23-11)17(13-5-8-16(22)15(20)9-13)27-10-12-3-6-14(21)7-4-12/h5,8-9,12,14,17H,3-4,6-7,10H2,1-2H3,(H,23,24). The number of hydrogen-bond donors (Lipinski definition) is 1. The van der Waals surface area contributed by atoms with Gasteiger partial charge >= 0.3 is 0 Å². The Labute approximate surface area is 168 Å². The highest BCUT2D eigenvalue weighted by Gasteiger charge is 2.27. The number of hydrogen-bond acceptors (Lipinski definition) is 4. The van der Waals surface area contributed by atoms with E-state index in [2.05, 4.69) is 9.97 Å². The molecule has 0 aliphatic heterocycles. The Morgan fingerprint density at radius 3 is 2.57 bits per heavy atom. The van der Waals surface area contributed by atoms with Crippen molar-refractivity contribution in [1.29, 1.82) is 0 Å². The maximum atomic E-state index is 13.6. The lowest BCUT2D eigenvalue weighted by Crippen LogP contribution is -2.21. The van der Waals surface area contributed by atoms with Crippen molar-refractivity contribution in [2.24, 2.45) is 5.92 Å². The summed E-state index contributed by atoms with van der Waals surface area (Å²) in [4.78, 5) is 7.19. The van der Waals surface area contributed by atoms with Gasteiger partial charge in [0.2, 0.25) is 0 Å². The summed E-state index contributed by atoms with van der Waals surface area (Å²) in [6, 6.07) is 4.20. The van der Waals surface area contributed by atoms with Crippen LogP contribution in [0.15, 0.2) is 23.2 Å². The quantitative estimate of drug-likeness (QED) is 0.726. The summed E-state index contributed by atoms with van der Waals surface area (Å²) in [5, 5.41) is -0.113. The number of ether oxygens (including phenoxy) is 1. The number of imidazole rings is 1. The molecule has 5 nitrogen and oxygen atoms in total. The Hall–Kier alpha value is -1.51. The van der Waals surface area contributed by atoms with E-state index in [1.165, 1.54) is 18.2 Å². The van der Waals surface area contributed by atoms with Crippen LogP contribution in [0.2, 0.25) is 5.02 Å². The van der Waals surface area contributed by atoms with Crippen LogP contribution in [0.1, 0.15) is 48.9 Å². The van der Waals surface area contributed by atoms with Crippen molar-refractivity contribution in [3.63, 3.8) is 0 Å². The summed E-state index contributed by atoms with van der Waals surface area (Å²) >= 11 is 5.92. The first-order valence-electron chi connectivity index (χ1n) is 9.12. The maximum absolute atomic E-state index is 13.6. The molecule has 1 unspecified atom stereocenters. The first-order chi connectivity index (χ1) is 13.1. The molecule has 1 fully saturated rings. The van der Waals surface area contributed by atoms with E-state index in [9.17, 15) is 17.2 Å². The van der Waals surface area contributed by atoms with Crippen LogP contribution < -0.4 is 0 Å². The molecule has 28 heavy (non-hydrogen) atoms. The monoisotopic (exact) mass is 432 g/mol. The molecule has 1 aliphatic rings. The van der Waals surface area contributed by atoms with Crippen molar-refractivity contribution < 1.29 is 21.9 Å². The van der Waals surface area contributed by atoms with Crippen LogP contribution in [0, 0.1) is 18.7 Å². The number of aromatic amines is 1. The third kappa shape index (κ3) is 4.90. The van der Waals surface area contributed by atoms with E-state index in [0.29, 0.717) is 36.5 Å². The number of sulfone groups is 1. The fraction of sp³-hybridized carbons (Fsp3) is 0.526. The van der Waals surface area contributed by atoms with Crippen LogP contribution in [0.25, 0.3) is 0 Å². The van der Waals surface area contributed by atoms with Crippen LogP contribution in [-0.4, -0.2) is 37.4 Å². The van der Waals surface area contributed by atoms with Gasteiger partial charge in [0.15, 0.2) is 14.9 Å². The van der Waals surface area contributed by atoms with Crippen LogP contribution in [-0.2, 0) is 14.6 Å². The molecule has 1 aromatic carbocycles. The second-order valence-electron chi connectivity index (χ2n) is 7.33. The zero-order chi connectivity index (χ0) is 20.5. The molecule has 0 bridgehead atoms. The summed E-state index contributed by atoms with van der Waals surface area (Å²) in [6.07, 6.45) is 2.06. The Morgan fingerprint density at radius 1 is 1.32 bits per heavy atom. The summed E-state index contributed by atoms with van der Waals surface area (Å²) in [6.45, 7) is 1.98. The molecule has 1 atom stereocenters. The van der Waals surface area contributed by atoms with E-state index in [4.69, 9.17) is 16.3 Å². The molecule has 0 saturated heterocycles. The minimum Gasteiger partial charge on any atom is -0.365 e. The van der Waals surface area contributed by atoms with Gasteiger partial charge in [0.1, 0.15) is 23.9 Å². The van der Waals surface area contributed by atoms with Gasteiger partial charge in [-0.3, -0.25) is 0 Å². The number of aryl methyl sites for hydroxylation is 1. The summed E-state index contributed by atoms with van der Waals surface area (Å²) in [5.41, 5.74) is 0.955. The van der Waals surface area contributed by atoms with Gasteiger partial charge < -0.3 is 9.72 Å². The van der Waals surface area contributed by atoms with E-state index in [1.54, 1.807) is 6.92 Å². The molecule has 2 aromatic rings. The van der Waals surface area contributed by atoms with Gasteiger partial charge in [0.05, 0.1) is 17.3 Å². The van der Waals surface area contributed by atoms with Crippen molar-refractivity contribution >= 4 is 21.4 Å². The van der Waals surface area contributed by atoms with Crippen LogP contribution >= 0.6 is 11.6 Å². The van der Waals surface area contributed by atoms with Crippen LogP contribution in [0.3, 0.4) is 0 Å². The van der Waals surface area contributed by atoms with Crippen molar-refractivity contribution in [1.82, 2.24) is 9.97 Å². The Morgan fingerprint density at radius 2 is 2.00 bits per heavy atom. The molecule has 0 amide bonds. The number of benzene rings is 1. The first-order valence-corrected chi connectivity index (χ1v) is 11.4. The highest BCUT2D eigenvalue weighted by Crippen LogP contribution is 2.32. The second-order valence-corrected chi connectivity index (χ2v) is 9.67. The van der Waals surface area contributed by atoms with Crippen molar-refractivity contribution in [2.45, 2.75) is 49.9 Å². The third-order valence-corrected chi connectivity index (χ3v) is 6.37. The first kappa shape index (κ1) is 21.2.